The Balaban J connectivity index is 3.26. The summed E-state index contributed by atoms with van der Waals surface area (Å²) in [5.41, 5.74) is 1.04. The zero-order chi connectivity index (χ0) is 12.1. The summed E-state index contributed by atoms with van der Waals surface area (Å²) in [6.45, 7) is 3.82. The number of hydrogen-bond acceptors (Lipinski definition) is 1. The van der Waals surface area contributed by atoms with E-state index in [4.69, 9.17) is 18.0 Å². The molecule has 0 radical (unpaired) electrons. The largest absolute Gasteiger partial charge is 0.248 e. The van der Waals surface area contributed by atoms with E-state index < -0.39 is 5.83 Å². The summed E-state index contributed by atoms with van der Waals surface area (Å²) in [6, 6.07) is 0. The first-order chi connectivity index (χ1) is 7.56. The zero-order valence-corrected chi connectivity index (χ0v) is 10.1. The summed E-state index contributed by atoms with van der Waals surface area (Å²) in [7, 11) is 0. The van der Waals surface area contributed by atoms with Crippen LogP contribution in [0, 0.1) is 18.3 Å². The van der Waals surface area contributed by atoms with Crippen molar-refractivity contribution in [3.8, 4) is 12.3 Å². The van der Waals surface area contributed by atoms with E-state index in [0.717, 1.165) is 18.1 Å². The second kappa shape index (κ2) is 5.67. The molecule has 0 amide bonds. The van der Waals surface area contributed by atoms with Gasteiger partial charge in [-0.25, -0.2) is 9.38 Å². The maximum absolute atomic E-state index is 13.7. The Bertz CT molecular complexity index is 435. The first-order valence-corrected chi connectivity index (χ1v) is 5.37. The molecule has 0 aromatic heterocycles. The van der Waals surface area contributed by atoms with Crippen LogP contribution in [-0.2, 0) is 0 Å². The van der Waals surface area contributed by atoms with E-state index in [1.165, 1.54) is 0 Å². The molecule has 0 aromatic rings. The topological polar surface area (TPSA) is 12.4 Å². The molecule has 1 atom stereocenters. The van der Waals surface area contributed by atoms with Crippen molar-refractivity contribution < 1.29 is 4.39 Å². The van der Waals surface area contributed by atoms with Crippen LogP contribution in [0.5, 0.6) is 0 Å². The zero-order valence-electron chi connectivity index (χ0n) is 9.30. The number of halogens is 2. The molecule has 0 saturated heterocycles. The average Bonchev–Trinajstić information content (AvgIpc) is 2.22. The summed E-state index contributed by atoms with van der Waals surface area (Å²) in [5, 5.41) is 0.143. The van der Waals surface area contributed by atoms with Gasteiger partial charge >= 0.3 is 0 Å². The minimum atomic E-state index is -0.520. The van der Waals surface area contributed by atoms with Gasteiger partial charge in [0.15, 0.2) is 0 Å². The third-order valence-corrected chi connectivity index (χ3v) is 2.57. The van der Waals surface area contributed by atoms with Crippen molar-refractivity contribution in [2.24, 2.45) is 10.9 Å². The summed E-state index contributed by atoms with van der Waals surface area (Å²) in [6.07, 6.45) is 10.6. The third kappa shape index (κ3) is 3.08. The highest BCUT2D eigenvalue weighted by Gasteiger charge is 2.14. The second-order valence-electron chi connectivity index (χ2n) is 3.70. The number of nitrogens with zero attached hydrogens (tertiary/aromatic N) is 1. The van der Waals surface area contributed by atoms with Gasteiger partial charge < -0.3 is 0 Å². The predicted molar refractivity (Wildman–Crippen MR) is 66.9 cm³/mol. The SMILES string of the molecule is C#C\C=C(F)/C1=C(Cl)/N=C\C(C)C\C=C\1C. The molecule has 1 unspecified atom stereocenters. The molecule has 0 spiro atoms. The molecule has 1 heterocycles. The van der Waals surface area contributed by atoms with Gasteiger partial charge in [-0.05, 0) is 24.8 Å². The smallest absolute Gasteiger partial charge is 0.142 e. The van der Waals surface area contributed by atoms with E-state index in [-0.39, 0.29) is 10.7 Å². The number of aliphatic imine (C=N–C) groups is 1. The molecule has 3 heteroatoms. The van der Waals surface area contributed by atoms with Crippen molar-refractivity contribution in [3.63, 3.8) is 0 Å². The molecule has 0 saturated carbocycles. The molecule has 1 nitrogen and oxygen atoms in total. The molecule has 0 aromatic carbocycles. The fourth-order valence-corrected chi connectivity index (χ4v) is 1.67. The first kappa shape index (κ1) is 12.7. The molecule has 0 N–H and O–H groups in total. The fraction of sp³-hybridized carbons (Fsp3) is 0.308. The molecule has 1 aliphatic rings. The molecule has 1 rings (SSSR count). The van der Waals surface area contributed by atoms with Crippen LogP contribution in [0.4, 0.5) is 4.39 Å². The number of allylic oxidation sites excluding steroid dienone is 5. The Kier molecular flexibility index (Phi) is 4.52. The van der Waals surface area contributed by atoms with Crippen molar-refractivity contribution in [1.29, 1.82) is 0 Å². The number of terminal acetylenes is 1. The lowest BCUT2D eigenvalue weighted by atomic mass is 10.0. The van der Waals surface area contributed by atoms with Gasteiger partial charge in [-0.2, -0.15) is 0 Å². The Morgan fingerprint density at radius 2 is 2.44 bits per heavy atom. The lowest BCUT2D eigenvalue weighted by Gasteiger charge is -2.11. The van der Waals surface area contributed by atoms with E-state index in [1.54, 1.807) is 13.1 Å². The van der Waals surface area contributed by atoms with Crippen LogP contribution in [0.25, 0.3) is 0 Å². The summed E-state index contributed by atoms with van der Waals surface area (Å²) in [5.74, 6) is 1.92. The van der Waals surface area contributed by atoms with Crippen molar-refractivity contribution in [2.45, 2.75) is 20.3 Å². The van der Waals surface area contributed by atoms with Gasteiger partial charge in [0.25, 0.3) is 0 Å². The van der Waals surface area contributed by atoms with E-state index in [0.29, 0.717) is 5.92 Å². The summed E-state index contributed by atoms with van der Waals surface area (Å²) in [4.78, 5) is 4.03. The van der Waals surface area contributed by atoms with E-state index in [9.17, 15) is 4.39 Å². The van der Waals surface area contributed by atoms with Crippen LogP contribution in [0.15, 0.2) is 39.3 Å². The third-order valence-electron chi connectivity index (χ3n) is 2.29. The van der Waals surface area contributed by atoms with Gasteiger partial charge in [0, 0.05) is 12.3 Å². The van der Waals surface area contributed by atoms with Crippen molar-refractivity contribution in [1.82, 2.24) is 0 Å². The highest BCUT2D eigenvalue weighted by Crippen LogP contribution is 2.29. The Morgan fingerprint density at radius 3 is 3.06 bits per heavy atom. The van der Waals surface area contributed by atoms with Gasteiger partial charge in [0.05, 0.1) is 5.57 Å². The minimum Gasteiger partial charge on any atom is -0.248 e. The van der Waals surface area contributed by atoms with Crippen molar-refractivity contribution in [2.75, 3.05) is 0 Å². The van der Waals surface area contributed by atoms with Crippen LogP contribution >= 0.6 is 11.6 Å². The molecule has 0 fully saturated rings. The van der Waals surface area contributed by atoms with Crippen LogP contribution in [-0.4, -0.2) is 6.21 Å². The Morgan fingerprint density at radius 1 is 1.75 bits per heavy atom. The molecular formula is C13H13ClFN. The molecule has 1 aliphatic heterocycles. The van der Waals surface area contributed by atoms with E-state index >= 15 is 0 Å². The highest BCUT2D eigenvalue weighted by molar-refractivity contribution is 6.30. The molecule has 84 valence electrons. The van der Waals surface area contributed by atoms with Crippen molar-refractivity contribution in [3.05, 3.63) is 34.3 Å². The van der Waals surface area contributed by atoms with Crippen LogP contribution in [0.3, 0.4) is 0 Å². The van der Waals surface area contributed by atoms with Gasteiger partial charge in [0.1, 0.15) is 11.0 Å². The van der Waals surface area contributed by atoms with Gasteiger partial charge in [-0.3, -0.25) is 0 Å². The highest BCUT2D eigenvalue weighted by atomic mass is 35.5. The maximum Gasteiger partial charge on any atom is 0.142 e. The summed E-state index contributed by atoms with van der Waals surface area (Å²) < 4.78 is 13.7. The molecule has 16 heavy (non-hydrogen) atoms. The van der Waals surface area contributed by atoms with Crippen LogP contribution in [0.1, 0.15) is 20.3 Å². The quantitative estimate of drug-likeness (QED) is 0.483. The van der Waals surface area contributed by atoms with Gasteiger partial charge in [-0.1, -0.05) is 30.5 Å². The standard InChI is InChI=1S/C13H13ClFN/c1-4-5-11(15)12-10(3)7-6-9(2)8-16-13(12)14/h1,5,7-9H,6H2,2-3H3/b10-7+,11-5+,13-12+,16-8-. The van der Waals surface area contributed by atoms with Gasteiger partial charge in [-0.15, -0.1) is 6.42 Å². The Labute approximate surface area is 100 Å². The minimum absolute atomic E-state index is 0.143. The monoisotopic (exact) mass is 237 g/mol. The fourth-order valence-electron chi connectivity index (χ4n) is 1.38. The number of rotatable bonds is 1. The lowest BCUT2D eigenvalue weighted by Crippen LogP contribution is -2.00. The molecule has 0 bridgehead atoms. The molecular weight excluding hydrogens is 225 g/mol. The Hall–Kier alpha value is -1.33. The van der Waals surface area contributed by atoms with Crippen molar-refractivity contribution >= 4 is 17.8 Å². The first-order valence-electron chi connectivity index (χ1n) is 4.99. The average molecular weight is 238 g/mol. The van der Waals surface area contributed by atoms with Crippen LogP contribution in [0.2, 0.25) is 0 Å². The number of hydrogen-bond donors (Lipinski definition) is 0. The normalized spacial score (nSPS) is 32.1. The molecule has 0 aliphatic carbocycles. The lowest BCUT2D eigenvalue weighted by molar-refractivity contribution is 0.652. The van der Waals surface area contributed by atoms with E-state index in [1.807, 2.05) is 13.0 Å². The predicted octanol–water partition coefficient (Wildman–Crippen LogP) is 3.98. The second-order valence-corrected chi connectivity index (χ2v) is 4.06. The summed E-state index contributed by atoms with van der Waals surface area (Å²) >= 11 is 5.94. The van der Waals surface area contributed by atoms with E-state index in [2.05, 4.69) is 10.9 Å². The van der Waals surface area contributed by atoms with Crippen LogP contribution < -0.4 is 0 Å². The van der Waals surface area contributed by atoms with Gasteiger partial charge in [0.2, 0.25) is 0 Å². The maximum atomic E-state index is 13.7.